The molecule has 2 unspecified atom stereocenters. The van der Waals surface area contributed by atoms with E-state index in [1.165, 1.54) is 6.92 Å². The highest BCUT2D eigenvalue weighted by molar-refractivity contribution is 5.67. The Bertz CT molecular complexity index is 275. The molecule has 5 N–H and O–H groups in total. The summed E-state index contributed by atoms with van der Waals surface area (Å²) in [5.41, 5.74) is 0. The summed E-state index contributed by atoms with van der Waals surface area (Å²) in [6, 6.07) is 0. The summed E-state index contributed by atoms with van der Waals surface area (Å²) in [7, 11) is 0. The Hall–Kier alpha value is -0.850. The fourth-order valence-electron chi connectivity index (χ4n) is 1.20. The zero-order chi connectivity index (χ0) is 19.3. The van der Waals surface area contributed by atoms with E-state index in [1.807, 2.05) is 0 Å². The summed E-state index contributed by atoms with van der Waals surface area (Å²) in [6.45, 7) is 4.06. The Balaban J connectivity index is 0. The molecular formula is C15H32O10. The van der Waals surface area contributed by atoms with Gasteiger partial charge in [-0.1, -0.05) is 0 Å². The van der Waals surface area contributed by atoms with Crippen molar-refractivity contribution in [1.29, 1.82) is 0 Å². The normalized spacial score (nSPS) is 13.0. The highest BCUT2D eigenvalue weighted by Gasteiger charge is 2.08. The minimum absolute atomic E-state index is 0.00424. The van der Waals surface area contributed by atoms with Gasteiger partial charge in [-0.05, 0) is 6.92 Å². The molecule has 0 amide bonds. The van der Waals surface area contributed by atoms with Gasteiger partial charge in [-0.25, -0.2) is 0 Å². The topological polar surface area (TPSA) is 155 Å². The second-order valence-corrected chi connectivity index (χ2v) is 4.92. The molecule has 0 aromatic heterocycles. The van der Waals surface area contributed by atoms with Gasteiger partial charge in [0, 0.05) is 0 Å². The molecule has 10 heteroatoms. The van der Waals surface area contributed by atoms with Gasteiger partial charge in [0.1, 0.15) is 0 Å². The van der Waals surface area contributed by atoms with Crippen LogP contribution < -0.4 is 0 Å². The largest absolute Gasteiger partial charge is 0.481 e. The van der Waals surface area contributed by atoms with Gasteiger partial charge in [0.2, 0.25) is 0 Å². The first kappa shape index (κ1) is 26.4. The van der Waals surface area contributed by atoms with Crippen LogP contribution in [0, 0.1) is 0 Å². The summed E-state index contributed by atoms with van der Waals surface area (Å²) in [6.07, 6.45) is -1.88. The van der Waals surface area contributed by atoms with Gasteiger partial charge in [0.25, 0.3) is 0 Å². The van der Waals surface area contributed by atoms with Crippen LogP contribution in [0.15, 0.2) is 0 Å². The molecule has 0 aromatic rings. The third-order valence-corrected chi connectivity index (χ3v) is 2.34. The zero-order valence-corrected chi connectivity index (χ0v) is 14.7. The highest BCUT2D eigenvalue weighted by Crippen LogP contribution is 1.92. The van der Waals surface area contributed by atoms with E-state index in [1.54, 1.807) is 0 Å². The van der Waals surface area contributed by atoms with Crippen molar-refractivity contribution in [2.45, 2.75) is 25.6 Å². The lowest BCUT2D eigenvalue weighted by molar-refractivity contribution is -0.140. The van der Waals surface area contributed by atoms with Crippen LogP contribution in [0.3, 0.4) is 0 Å². The van der Waals surface area contributed by atoms with Gasteiger partial charge in [0.05, 0.1) is 84.7 Å². The fourth-order valence-corrected chi connectivity index (χ4v) is 1.20. The Morgan fingerprint density at radius 2 is 1.24 bits per heavy atom. The number of carboxylic acid groups (broad SMARTS) is 1. The summed E-state index contributed by atoms with van der Waals surface area (Å²) >= 11 is 0. The van der Waals surface area contributed by atoms with Gasteiger partial charge in [-0.15, -0.1) is 0 Å². The van der Waals surface area contributed by atoms with Crippen LogP contribution in [0.2, 0.25) is 0 Å². The maximum absolute atomic E-state index is 10.3. The second kappa shape index (κ2) is 21.2. The van der Waals surface area contributed by atoms with E-state index in [0.717, 1.165) is 0 Å². The standard InChI is InChI=1S/C12H24O8.C3H8O2/c13-1-2-17-3-4-18-5-6-19-7-8-20-10-11(14)9-12(15)16;1-3(5)2-4/h11,13-14H,1-10H2,(H,15,16);3-5H,2H2,1H3. The molecule has 0 aliphatic carbocycles. The third kappa shape index (κ3) is 28.2. The van der Waals surface area contributed by atoms with Crippen molar-refractivity contribution < 1.29 is 49.3 Å². The van der Waals surface area contributed by atoms with E-state index in [4.69, 9.17) is 39.4 Å². The molecule has 0 rings (SSSR count). The highest BCUT2D eigenvalue weighted by atomic mass is 16.6. The number of hydrogen-bond donors (Lipinski definition) is 5. The summed E-state index contributed by atoms with van der Waals surface area (Å²) in [4.78, 5) is 10.3. The predicted octanol–water partition coefficient (Wildman–Crippen LogP) is -1.76. The number of aliphatic carboxylic acids is 1. The van der Waals surface area contributed by atoms with E-state index in [0.29, 0.717) is 39.6 Å². The molecule has 0 saturated carbocycles. The molecule has 0 aliphatic rings. The van der Waals surface area contributed by atoms with Crippen molar-refractivity contribution in [3.05, 3.63) is 0 Å². The molecule has 152 valence electrons. The number of aliphatic hydroxyl groups is 4. The molecule has 0 aromatic carbocycles. The Morgan fingerprint density at radius 1 is 0.840 bits per heavy atom. The monoisotopic (exact) mass is 372 g/mol. The minimum Gasteiger partial charge on any atom is -0.481 e. The van der Waals surface area contributed by atoms with Crippen molar-refractivity contribution in [3.63, 3.8) is 0 Å². The number of rotatable bonds is 16. The minimum atomic E-state index is -1.06. The van der Waals surface area contributed by atoms with Crippen molar-refractivity contribution in [1.82, 2.24) is 0 Å². The molecule has 10 nitrogen and oxygen atoms in total. The molecule has 2 atom stereocenters. The van der Waals surface area contributed by atoms with Crippen molar-refractivity contribution in [3.8, 4) is 0 Å². The van der Waals surface area contributed by atoms with E-state index in [2.05, 4.69) is 0 Å². The van der Waals surface area contributed by atoms with Gasteiger partial charge in [-0.2, -0.15) is 0 Å². The van der Waals surface area contributed by atoms with Crippen LogP contribution in [-0.4, -0.2) is 110 Å². The van der Waals surface area contributed by atoms with Crippen LogP contribution in [0.5, 0.6) is 0 Å². The first-order chi connectivity index (χ1) is 11.9. The number of carboxylic acids is 1. The van der Waals surface area contributed by atoms with Crippen LogP contribution in [0.4, 0.5) is 0 Å². The average molecular weight is 372 g/mol. The van der Waals surface area contributed by atoms with E-state index in [9.17, 15) is 9.90 Å². The van der Waals surface area contributed by atoms with Crippen molar-refractivity contribution in [2.24, 2.45) is 0 Å². The van der Waals surface area contributed by atoms with Crippen LogP contribution in [-0.2, 0) is 23.7 Å². The van der Waals surface area contributed by atoms with E-state index >= 15 is 0 Å². The van der Waals surface area contributed by atoms with Gasteiger partial charge < -0.3 is 44.5 Å². The second-order valence-electron chi connectivity index (χ2n) is 4.92. The van der Waals surface area contributed by atoms with Gasteiger partial charge in [0.15, 0.2) is 0 Å². The molecule has 0 spiro atoms. The van der Waals surface area contributed by atoms with Crippen LogP contribution in [0.25, 0.3) is 0 Å². The van der Waals surface area contributed by atoms with Crippen molar-refractivity contribution >= 4 is 5.97 Å². The van der Waals surface area contributed by atoms with Crippen molar-refractivity contribution in [2.75, 3.05) is 66.1 Å². The molecule has 25 heavy (non-hydrogen) atoms. The molecule has 0 heterocycles. The lowest BCUT2D eigenvalue weighted by Gasteiger charge is -2.09. The number of ether oxygens (including phenoxy) is 4. The summed E-state index contributed by atoms with van der Waals surface area (Å²) in [5.74, 6) is -1.06. The Kier molecular flexibility index (Phi) is 22.4. The predicted molar refractivity (Wildman–Crippen MR) is 87.4 cm³/mol. The molecule has 0 saturated heterocycles. The number of carbonyl (C=O) groups is 1. The summed E-state index contributed by atoms with van der Waals surface area (Å²) in [5, 5.41) is 42.0. The van der Waals surface area contributed by atoms with Gasteiger partial charge >= 0.3 is 5.97 Å². The molecular weight excluding hydrogens is 340 g/mol. The maximum Gasteiger partial charge on any atom is 0.306 e. The lowest BCUT2D eigenvalue weighted by atomic mass is 10.3. The zero-order valence-electron chi connectivity index (χ0n) is 14.7. The molecule has 0 aliphatic heterocycles. The van der Waals surface area contributed by atoms with E-state index in [-0.39, 0.29) is 32.8 Å². The molecule has 0 fully saturated rings. The Morgan fingerprint density at radius 3 is 1.60 bits per heavy atom. The first-order valence-electron chi connectivity index (χ1n) is 8.04. The average Bonchev–Trinajstić information content (AvgIpc) is 2.55. The summed E-state index contributed by atoms with van der Waals surface area (Å²) < 4.78 is 20.4. The fraction of sp³-hybridized carbons (Fsp3) is 0.933. The van der Waals surface area contributed by atoms with E-state index < -0.39 is 18.2 Å². The molecule has 0 radical (unpaired) electrons. The quantitative estimate of drug-likeness (QED) is 0.197. The molecule has 0 bridgehead atoms. The first-order valence-corrected chi connectivity index (χ1v) is 8.04. The van der Waals surface area contributed by atoms with Crippen LogP contribution >= 0.6 is 0 Å². The maximum atomic E-state index is 10.3. The number of aliphatic hydroxyl groups excluding tert-OH is 4. The number of hydrogen-bond acceptors (Lipinski definition) is 9. The van der Waals surface area contributed by atoms with Gasteiger partial charge in [-0.3, -0.25) is 4.79 Å². The third-order valence-electron chi connectivity index (χ3n) is 2.34. The van der Waals surface area contributed by atoms with Crippen LogP contribution in [0.1, 0.15) is 13.3 Å². The lowest BCUT2D eigenvalue weighted by Crippen LogP contribution is -2.21. The Labute approximate surface area is 147 Å². The SMILES string of the molecule is CC(O)CO.O=C(O)CC(O)COCCOCCOCCOCCO. The smallest absolute Gasteiger partial charge is 0.306 e.